The fraction of sp³-hybridized carbons (Fsp3) is 0.500. The predicted octanol–water partition coefficient (Wildman–Crippen LogP) is 2.77. The van der Waals surface area contributed by atoms with Crippen molar-refractivity contribution in [3.05, 3.63) is 22.2 Å². The Bertz CT molecular complexity index is 418. The first-order valence-electron chi connectivity index (χ1n) is 5.52. The highest BCUT2D eigenvalue weighted by molar-refractivity contribution is 9.10. The van der Waals surface area contributed by atoms with Crippen molar-refractivity contribution in [1.82, 2.24) is 4.90 Å². The van der Waals surface area contributed by atoms with Crippen LogP contribution in [0.25, 0.3) is 0 Å². The molecule has 1 aromatic carbocycles. The molecule has 2 aliphatic rings. The third-order valence-corrected chi connectivity index (χ3v) is 3.87. The van der Waals surface area contributed by atoms with Crippen molar-refractivity contribution in [2.45, 2.75) is 25.4 Å². The Balaban J connectivity index is 1.83. The summed E-state index contributed by atoms with van der Waals surface area (Å²) in [7, 11) is 2.18. The van der Waals surface area contributed by atoms with Crippen LogP contribution in [0.4, 0.5) is 0 Å². The number of hydrogen-bond donors (Lipinski definition) is 0. The Kier molecular flexibility index (Phi) is 2.56. The molecule has 0 atom stereocenters. The first kappa shape index (κ1) is 10.4. The van der Waals surface area contributed by atoms with Crippen molar-refractivity contribution in [2.75, 3.05) is 13.8 Å². The average molecular weight is 284 g/mol. The van der Waals surface area contributed by atoms with E-state index in [1.807, 2.05) is 6.07 Å². The number of hydrogen-bond acceptors (Lipinski definition) is 3. The Morgan fingerprint density at radius 1 is 1.31 bits per heavy atom. The normalized spacial score (nSPS) is 18.2. The van der Waals surface area contributed by atoms with Crippen LogP contribution >= 0.6 is 15.9 Å². The fourth-order valence-electron chi connectivity index (χ4n) is 1.99. The molecule has 86 valence electrons. The molecular weight excluding hydrogens is 270 g/mol. The van der Waals surface area contributed by atoms with Crippen LogP contribution in [0.15, 0.2) is 16.6 Å². The van der Waals surface area contributed by atoms with E-state index >= 15 is 0 Å². The Hall–Kier alpha value is -0.740. The van der Waals surface area contributed by atoms with Crippen LogP contribution in [-0.2, 0) is 6.54 Å². The Morgan fingerprint density at radius 2 is 2.00 bits per heavy atom. The molecule has 0 saturated heterocycles. The molecule has 4 heteroatoms. The highest BCUT2D eigenvalue weighted by Gasteiger charge is 2.27. The van der Waals surface area contributed by atoms with Gasteiger partial charge in [-0.2, -0.15) is 0 Å². The molecule has 1 saturated carbocycles. The standard InChI is InChI=1S/C12H14BrNO2/c1-14(9-2-3-9)6-8-4-11-12(5-10(8)13)16-7-15-11/h4-5,9H,2-3,6-7H2,1H3. The van der Waals surface area contributed by atoms with E-state index in [-0.39, 0.29) is 0 Å². The molecule has 0 amide bonds. The summed E-state index contributed by atoms with van der Waals surface area (Å²) < 4.78 is 11.8. The van der Waals surface area contributed by atoms with E-state index in [4.69, 9.17) is 9.47 Å². The van der Waals surface area contributed by atoms with Gasteiger partial charge in [-0.05, 0) is 37.6 Å². The van der Waals surface area contributed by atoms with Crippen molar-refractivity contribution in [1.29, 1.82) is 0 Å². The first-order valence-corrected chi connectivity index (χ1v) is 6.31. The van der Waals surface area contributed by atoms with Crippen LogP contribution in [0.5, 0.6) is 11.5 Å². The summed E-state index contributed by atoms with van der Waals surface area (Å²) in [5.41, 5.74) is 1.26. The third kappa shape index (κ3) is 1.92. The molecule has 0 spiro atoms. The van der Waals surface area contributed by atoms with Crippen molar-refractivity contribution >= 4 is 15.9 Å². The van der Waals surface area contributed by atoms with E-state index in [0.717, 1.165) is 28.6 Å². The van der Waals surface area contributed by atoms with Gasteiger partial charge in [0.1, 0.15) is 0 Å². The van der Waals surface area contributed by atoms with E-state index in [9.17, 15) is 0 Å². The summed E-state index contributed by atoms with van der Waals surface area (Å²) in [6.45, 7) is 1.30. The topological polar surface area (TPSA) is 21.7 Å². The van der Waals surface area contributed by atoms with E-state index < -0.39 is 0 Å². The first-order chi connectivity index (χ1) is 7.74. The number of halogens is 1. The summed E-state index contributed by atoms with van der Waals surface area (Å²) in [5, 5.41) is 0. The van der Waals surface area contributed by atoms with E-state index in [1.165, 1.54) is 18.4 Å². The van der Waals surface area contributed by atoms with Crippen molar-refractivity contribution in [3.63, 3.8) is 0 Å². The second-order valence-corrected chi connectivity index (χ2v) is 5.30. The lowest BCUT2D eigenvalue weighted by Gasteiger charge is -2.16. The molecule has 3 rings (SSSR count). The number of fused-ring (bicyclic) bond motifs is 1. The molecule has 0 aromatic heterocycles. The number of benzene rings is 1. The Labute approximate surface area is 103 Å². The molecule has 3 nitrogen and oxygen atoms in total. The molecule has 16 heavy (non-hydrogen) atoms. The minimum Gasteiger partial charge on any atom is -0.454 e. The summed E-state index contributed by atoms with van der Waals surface area (Å²) in [4.78, 5) is 2.39. The van der Waals surface area contributed by atoms with Gasteiger partial charge >= 0.3 is 0 Å². The lowest BCUT2D eigenvalue weighted by molar-refractivity contribution is 0.174. The third-order valence-electron chi connectivity index (χ3n) is 3.13. The summed E-state index contributed by atoms with van der Waals surface area (Å²) in [6.07, 6.45) is 2.66. The van der Waals surface area contributed by atoms with Crippen LogP contribution < -0.4 is 9.47 Å². The van der Waals surface area contributed by atoms with Crippen LogP contribution in [0.2, 0.25) is 0 Å². The summed E-state index contributed by atoms with van der Waals surface area (Å²) in [6, 6.07) is 4.85. The SMILES string of the molecule is CN(Cc1cc2c(cc1Br)OCO2)C1CC1. The van der Waals surface area contributed by atoms with E-state index in [0.29, 0.717) is 6.79 Å². The smallest absolute Gasteiger partial charge is 0.231 e. The molecule has 1 aliphatic carbocycles. The molecule has 0 unspecified atom stereocenters. The zero-order valence-electron chi connectivity index (χ0n) is 9.20. The number of rotatable bonds is 3. The van der Waals surface area contributed by atoms with Crippen LogP contribution in [0.3, 0.4) is 0 Å². The lowest BCUT2D eigenvalue weighted by Crippen LogP contribution is -2.20. The lowest BCUT2D eigenvalue weighted by atomic mass is 10.2. The maximum atomic E-state index is 5.39. The highest BCUT2D eigenvalue weighted by atomic mass is 79.9. The van der Waals surface area contributed by atoms with Gasteiger partial charge in [0.25, 0.3) is 0 Å². The van der Waals surface area contributed by atoms with Gasteiger partial charge in [-0.3, -0.25) is 4.90 Å². The zero-order valence-corrected chi connectivity index (χ0v) is 10.8. The quantitative estimate of drug-likeness (QED) is 0.852. The predicted molar refractivity (Wildman–Crippen MR) is 64.8 cm³/mol. The number of ether oxygens (including phenoxy) is 2. The largest absolute Gasteiger partial charge is 0.454 e. The average Bonchev–Trinajstić information content (AvgIpc) is 3.01. The van der Waals surface area contributed by atoms with Crippen LogP contribution in [0, 0.1) is 0 Å². The summed E-state index contributed by atoms with van der Waals surface area (Å²) >= 11 is 3.59. The molecule has 1 aliphatic heterocycles. The highest BCUT2D eigenvalue weighted by Crippen LogP contribution is 2.38. The van der Waals surface area contributed by atoms with Crippen LogP contribution in [-0.4, -0.2) is 24.8 Å². The molecule has 1 heterocycles. The van der Waals surface area contributed by atoms with Gasteiger partial charge in [-0.15, -0.1) is 0 Å². The maximum Gasteiger partial charge on any atom is 0.231 e. The van der Waals surface area contributed by atoms with Gasteiger partial charge in [0.2, 0.25) is 6.79 Å². The van der Waals surface area contributed by atoms with Gasteiger partial charge in [0.15, 0.2) is 11.5 Å². The summed E-state index contributed by atoms with van der Waals surface area (Å²) in [5.74, 6) is 1.70. The van der Waals surface area contributed by atoms with Gasteiger partial charge in [0.05, 0.1) is 0 Å². The van der Waals surface area contributed by atoms with Crippen molar-refractivity contribution in [3.8, 4) is 11.5 Å². The second-order valence-electron chi connectivity index (χ2n) is 4.44. The number of nitrogens with zero attached hydrogens (tertiary/aromatic N) is 1. The monoisotopic (exact) mass is 283 g/mol. The molecule has 1 aromatic rings. The van der Waals surface area contributed by atoms with E-state index in [2.05, 4.69) is 33.9 Å². The molecule has 0 bridgehead atoms. The van der Waals surface area contributed by atoms with Gasteiger partial charge in [-0.25, -0.2) is 0 Å². The minimum atomic E-state index is 0.337. The van der Waals surface area contributed by atoms with Crippen molar-refractivity contribution < 1.29 is 9.47 Å². The molecule has 1 fully saturated rings. The zero-order chi connectivity index (χ0) is 11.1. The van der Waals surface area contributed by atoms with Gasteiger partial charge in [0, 0.05) is 17.1 Å². The van der Waals surface area contributed by atoms with Crippen LogP contribution in [0.1, 0.15) is 18.4 Å². The van der Waals surface area contributed by atoms with Gasteiger partial charge < -0.3 is 9.47 Å². The Morgan fingerprint density at radius 3 is 2.69 bits per heavy atom. The maximum absolute atomic E-state index is 5.39. The second kappa shape index (κ2) is 3.93. The minimum absolute atomic E-state index is 0.337. The van der Waals surface area contributed by atoms with Gasteiger partial charge in [-0.1, -0.05) is 15.9 Å². The van der Waals surface area contributed by atoms with E-state index in [1.54, 1.807) is 0 Å². The fourth-order valence-corrected chi connectivity index (χ4v) is 2.44. The van der Waals surface area contributed by atoms with Crippen molar-refractivity contribution in [2.24, 2.45) is 0 Å². The molecule has 0 N–H and O–H groups in total. The molecular formula is C12H14BrNO2. The molecule has 0 radical (unpaired) electrons.